The van der Waals surface area contributed by atoms with Gasteiger partial charge in [0.2, 0.25) is 0 Å². The fourth-order valence-electron chi connectivity index (χ4n) is 4.29. The summed E-state index contributed by atoms with van der Waals surface area (Å²) in [5.41, 5.74) is 5.91. The summed E-state index contributed by atoms with van der Waals surface area (Å²) >= 11 is 1.71. The van der Waals surface area contributed by atoms with Crippen LogP contribution in [0.2, 0.25) is 0 Å². The topological polar surface area (TPSA) is 51.9 Å². The van der Waals surface area contributed by atoms with E-state index in [1.165, 1.54) is 26.9 Å². The Kier molecular flexibility index (Phi) is 4.89. The van der Waals surface area contributed by atoms with E-state index in [2.05, 4.69) is 56.9 Å². The normalized spacial score (nSPS) is 17.2. The molecule has 0 aliphatic heterocycles. The molecule has 0 fully saturated rings. The summed E-state index contributed by atoms with van der Waals surface area (Å²) in [4.78, 5) is 9.52. The summed E-state index contributed by atoms with van der Waals surface area (Å²) in [5.74, 6) is 0.670. The first-order chi connectivity index (χ1) is 13.4. The van der Waals surface area contributed by atoms with E-state index in [9.17, 15) is 5.26 Å². The van der Waals surface area contributed by atoms with Gasteiger partial charge in [-0.2, -0.15) is 5.26 Å². The molecule has 144 valence electrons. The van der Waals surface area contributed by atoms with Gasteiger partial charge >= 0.3 is 0 Å². The van der Waals surface area contributed by atoms with Gasteiger partial charge in [-0.05, 0) is 48.1 Å². The van der Waals surface area contributed by atoms with Gasteiger partial charge in [0.1, 0.15) is 11.1 Å². The lowest BCUT2D eigenvalue weighted by atomic mass is 9.72. The number of benzene rings is 1. The first-order valence-electron chi connectivity index (χ1n) is 10.1. The third-order valence-electron chi connectivity index (χ3n) is 6.12. The summed E-state index contributed by atoms with van der Waals surface area (Å²) in [6.45, 7) is 9.13. The second-order valence-corrected chi connectivity index (χ2v) is 9.88. The van der Waals surface area contributed by atoms with Gasteiger partial charge in [-0.25, -0.2) is 4.99 Å². The number of fused-ring (bicyclic) bond motifs is 2. The Balaban J connectivity index is 1.68. The molecular weight excluding hydrogens is 362 g/mol. The van der Waals surface area contributed by atoms with E-state index in [0.717, 1.165) is 41.8 Å². The molecule has 0 spiro atoms. The van der Waals surface area contributed by atoms with E-state index in [4.69, 9.17) is 4.99 Å². The molecule has 1 N–H and O–H groups in total. The molecule has 1 aliphatic rings. The Bertz CT molecular complexity index is 1090. The molecule has 4 rings (SSSR count). The van der Waals surface area contributed by atoms with Gasteiger partial charge in [0.05, 0.1) is 5.56 Å². The SMILES string of the molecule is CCc1cccc2c(C=Nc3sc4c(c3C#N)CC[C@@H](C(C)(C)C)C4)c[nH]c12. The predicted molar refractivity (Wildman–Crippen MR) is 119 cm³/mol. The van der Waals surface area contributed by atoms with E-state index < -0.39 is 0 Å². The van der Waals surface area contributed by atoms with Crippen molar-refractivity contribution in [2.75, 3.05) is 0 Å². The smallest absolute Gasteiger partial charge is 0.134 e. The number of aryl methyl sites for hydroxylation is 1. The summed E-state index contributed by atoms with van der Waals surface area (Å²) in [6.07, 6.45) is 8.16. The number of aromatic nitrogens is 1. The van der Waals surface area contributed by atoms with Gasteiger partial charge in [0, 0.05) is 33.8 Å². The molecule has 3 aromatic rings. The highest BCUT2D eigenvalue weighted by Gasteiger charge is 2.32. The highest BCUT2D eigenvalue weighted by Crippen LogP contribution is 2.44. The van der Waals surface area contributed by atoms with Crippen molar-refractivity contribution in [2.45, 2.75) is 53.4 Å². The quantitative estimate of drug-likeness (QED) is 0.506. The molecule has 4 heteroatoms. The van der Waals surface area contributed by atoms with Crippen molar-refractivity contribution in [1.29, 1.82) is 5.26 Å². The van der Waals surface area contributed by atoms with Gasteiger partial charge in [-0.3, -0.25) is 0 Å². The molecule has 1 atom stereocenters. The van der Waals surface area contributed by atoms with Crippen LogP contribution in [0.1, 0.15) is 61.2 Å². The standard InChI is InChI=1S/C24H27N3S/c1-5-15-7-6-8-18-16(13-26-22(15)18)14-27-23-20(12-25)19-10-9-17(24(2,3)4)11-21(19)28-23/h6-8,13-14,17,26H,5,9-11H2,1-4H3/t17-/m1/s1. The lowest BCUT2D eigenvalue weighted by Crippen LogP contribution is -2.26. The van der Waals surface area contributed by atoms with Crippen LogP contribution in [0, 0.1) is 22.7 Å². The molecular formula is C24H27N3S. The van der Waals surface area contributed by atoms with Gasteiger partial charge < -0.3 is 4.98 Å². The second-order valence-electron chi connectivity index (χ2n) is 8.80. The van der Waals surface area contributed by atoms with E-state index in [-0.39, 0.29) is 0 Å². The van der Waals surface area contributed by atoms with Gasteiger partial charge in [0.15, 0.2) is 0 Å². The highest BCUT2D eigenvalue weighted by molar-refractivity contribution is 7.16. The van der Waals surface area contributed by atoms with Crippen molar-refractivity contribution < 1.29 is 0 Å². The monoisotopic (exact) mass is 389 g/mol. The third kappa shape index (κ3) is 3.29. The van der Waals surface area contributed by atoms with Crippen molar-refractivity contribution in [1.82, 2.24) is 4.98 Å². The van der Waals surface area contributed by atoms with E-state index in [0.29, 0.717) is 11.3 Å². The predicted octanol–water partition coefficient (Wildman–Crippen LogP) is 6.57. The number of para-hydroxylation sites is 1. The number of aromatic amines is 1. The number of nitriles is 1. The van der Waals surface area contributed by atoms with Crippen LogP contribution in [0.25, 0.3) is 10.9 Å². The van der Waals surface area contributed by atoms with Crippen molar-refractivity contribution in [3.8, 4) is 6.07 Å². The molecule has 0 bridgehead atoms. The molecule has 0 unspecified atom stereocenters. The number of nitrogens with zero attached hydrogens (tertiary/aromatic N) is 2. The molecule has 1 aromatic carbocycles. The Morgan fingerprint density at radius 2 is 2.18 bits per heavy atom. The Labute approximate surface area is 171 Å². The number of hydrogen-bond acceptors (Lipinski definition) is 3. The van der Waals surface area contributed by atoms with Gasteiger partial charge in [-0.1, -0.05) is 45.9 Å². The number of aliphatic imine (C=N–C) groups is 1. The van der Waals surface area contributed by atoms with Crippen LogP contribution in [-0.2, 0) is 19.3 Å². The zero-order chi connectivity index (χ0) is 19.9. The number of hydrogen-bond donors (Lipinski definition) is 1. The van der Waals surface area contributed by atoms with Crippen LogP contribution in [0.5, 0.6) is 0 Å². The van der Waals surface area contributed by atoms with Crippen LogP contribution in [0.15, 0.2) is 29.4 Å². The van der Waals surface area contributed by atoms with Crippen molar-refractivity contribution in [3.63, 3.8) is 0 Å². The first-order valence-corrected chi connectivity index (χ1v) is 10.9. The Hall–Kier alpha value is -2.38. The number of nitrogens with one attached hydrogen (secondary N) is 1. The molecule has 2 heterocycles. The minimum atomic E-state index is 0.305. The fraction of sp³-hybridized carbons (Fsp3) is 0.417. The first kappa shape index (κ1) is 19.0. The zero-order valence-electron chi connectivity index (χ0n) is 17.1. The van der Waals surface area contributed by atoms with Gasteiger partial charge in [-0.15, -0.1) is 11.3 Å². The fourth-order valence-corrected chi connectivity index (χ4v) is 5.51. The molecule has 28 heavy (non-hydrogen) atoms. The Morgan fingerprint density at radius 1 is 1.36 bits per heavy atom. The summed E-state index contributed by atoms with van der Waals surface area (Å²) in [6, 6.07) is 8.82. The third-order valence-corrected chi connectivity index (χ3v) is 7.28. The molecule has 2 aromatic heterocycles. The van der Waals surface area contributed by atoms with Crippen LogP contribution in [0.3, 0.4) is 0 Å². The largest absolute Gasteiger partial charge is 0.360 e. The van der Waals surface area contributed by atoms with Crippen LogP contribution >= 0.6 is 11.3 Å². The zero-order valence-corrected chi connectivity index (χ0v) is 17.9. The maximum absolute atomic E-state index is 9.76. The second kappa shape index (κ2) is 7.22. The van der Waals surface area contributed by atoms with Crippen molar-refractivity contribution >= 4 is 33.5 Å². The molecule has 3 nitrogen and oxygen atoms in total. The molecule has 1 aliphatic carbocycles. The van der Waals surface area contributed by atoms with E-state index in [1.54, 1.807) is 11.3 Å². The maximum atomic E-state index is 9.76. The summed E-state index contributed by atoms with van der Waals surface area (Å²) < 4.78 is 0. The minimum absolute atomic E-state index is 0.305. The maximum Gasteiger partial charge on any atom is 0.134 e. The van der Waals surface area contributed by atoms with Crippen LogP contribution < -0.4 is 0 Å². The lowest BCUT2D eigenvalue weighted by molar-refractivity contribution is 0.218. The molecule has 0 amide bonds. The number of thiophene rings is 1. The number of rotatable bonds is 3. The van der Waals surface area contributed by atoms with Crippen molar-refractivity contribution in [3.05, 3.63) is 51.5 Å². The summed E-state index contributed by atoms with van der Waals surface area (Å²) in [7, 11) is 0. The average molecular weight is 390 g/mol. The minimum Gasteiger partial charge on any atom is -0.360 e. The molecule has 0 radical (unpaired) electrons. The van der Waals surface area contributed by atoms with Crippen LogP contribution in [-0.4, -0.2) is 11.2 Å². The molecule has 0 saturated heterocycles. The van der Waals surface area contributed by atoms with E-state index >= 15 is 0 Å². The van der Waals surface area contributed by atoms with Crippen LogP contribution in [0.4, 0.5) is 5.00 Å². The van der Waals surface area contributed by atoms with Gasteiger partial charge in [0.25, 0.3) is 0 Å². The Morgan fingerprint density at radius 3 is 2.89 bits per heavy atom. The lowest BCUT2D eigenvalue weighted by Gasteiger charge is -2.33. The number of H-pyrrole nitrogens is 1. The summed E-state index contributed by atoms with van der Waals surface area (Å²) in [5, 5.41) is 11.8. The van der Waals surface area contributed by atoms with Crippen molar-refractivity contribution in [2.24, 2.45) is 16.3 Å². The van der Waals surface area contributed by atoms with E-state index in [1.807, 2.05) is 12.4 Å². The average Bonchev–Trinajstić information content (AvgIpc) is 3.25. The molecule has 0 saturated carbocycles. The highest BCUT2D eigenvalue weighted by atomic mass is 32.1.